The molecule has 4 nitrogen and oxygen atoms in total. The zero-order valence-electron chi connectivity index (χ0n) is 37.5. The highest BCUT2D eigenvalue weighted by molar-refractivity contribution is 5.97. The summed E-state index contributed by atoms with van der Waals surface area (Å²) in [6, 6.07) is 90.5. The summed E-state index contributed by atoms with van der Waals surface area (Å²) in [7, 11) is 0. The predicted molar refractivity (Wildman–Crippen MR) is 283 cm³/mol. The molecular formula is C65H42N4. The Balaban J connectivity index is 1.01. The fourth-order valence-electron chi connectivity index (χ4n) is 10.6. The van der Waals surface area contributed by atoms with Crippen LogP contribution in [0.1, 0.15) is 22.3 Å². The van der Waals surface area contributed by atoms with Gasteiger partial charge in [0.15, 0.2) is 11.6 Å². The third-order valence-electron chi connectivity index (χ3n) is 13.8. The van der Waals surface area contributed by atoms with E-state index >= 15 is 0 Å². The van der Waals surface area contributed by atoms with Crippen molar-refractivity contribution in [1.82, 2.24) is 19.9 Å². The van der Waals surface area contributed by atoms with Crippen molar-refractivity contribution >= 4 is 21.8 Å². The third-order valence-corrected chi connectivity index (χ3v) is 13.8. The minimum atomic E-state index is -0.702. The van der Waals surface area contributed by atoms with Crippen LogP contribution in [0.2, 0.25) is 0 Å². The first-order chi connectivity index (χ1) is 34.2. The van der Waals surface area contributed by atoms with Crippen molar-refractivity contribution in [3.05, 3.63) is 277 Å². The summed E-state index contributed by atoms with van der Waals surface area (Å²) < 4.78 is 0. The van der Waals surface area contributed by atoms with Crippen molar-refractivity contribution in [2.45, 2.75) is 5.41 Å². The molecule has 12 aromatic rings. The Hall–Kier alpha value is -9.12. The van der Waals surface area contributed by atoms with Crippen molar-refractivity contribution in [1.29, 1.82) is 0 Å². The minimum Gasteiger partial charge on any atom is -0.228 e. The highest BCUT2D eigenvalue weighted by Crippen LogP contribution is 2.57. The van der Waals surface area contributed by atoms with E-state index in [-0.39, 0.29) is 0 Å². The summed E-state index contributed by atoms with van der Waals surface area (Å²) in [6.07, 6.45) is 0. The van der Waals surface area contributed by atoms with Crippen molar-refractivity contribution < 1.29 is 0 Å². The molecule has 1 aliphatic rings. The summed E-state index contributed by atoms with van der Waals surface area (Å²) in [4.78, 5) is 21.5. The van der Waals surface area contributed by atoms with Crippen LogP contribution in [0.3, 0.4) is 0 Å². The Bertz CT molecular complexity index is 3630. The molecule has 0 radical (unpaired) electrons. The smallest absolute Gasteiger partial charge is 0.160 e. The van der Waals surface area contributed by atoms with Gasteiger partial charge in [0.2, 0.25) is 0 Å². The van der Waals surface area contributed by atoms with Gasteiger partial charge in [0.05, 0.1) is 27.8 Å². The molecule has 0 aliphatic heterocycles. The molecule has 0 saturated heterocycles. The van der Waals surface area contributed by atoms with Crippen molar-refractivity contribution in [2.24, 2.45) is 0 Å². The number of nitrogens with zero attached hydrogens (tertiary/aromatic N) is 4. The Morgan fingerprint density at radius 1 is 0.246 bits per heavy atom. The molecule has 4 heteroatoms. The number of benzene rings is 10. The van der Waals surface area contributed by atoms with Gasteiger partial charge in [0, 0.05) is 33.0 Å². The van der Waals surface area contributed by atoms with Crippen LogP contribution in [-0.4, -0.2) is 19.9 Å². The Morgan fingerprint density at radius 3 is 1.04 bits per heavy atom. The van der Waals surface area contributed by atoms with E-state index in [1.54, 1.807) is 0 Å². The maximum Gasteiger partial charge on any atom is 0.160 e. The standard InChI is InChI=1S/C65H42N4/c1-5-19-43(20-6-1)45-23-17-25-47(39-45)61-55-31-13-15-33-59(55)66-63(68-61)49-35-37-53-54-38-36-50(42-58(54)65(57(53)41-49,51-27-9-3-10-28-51)52-29-11-4-12-30-52)64-67-60-34-16-14-32-56(60)62(69-64)48-26-18-24-46(40-48)44-21-7-2-8-22-44/h1-42H. The summed E-state index contributed by atoms with van der Waals surface area (Å²) in [5.41, 5.74) is 18.5. The van der Waals surface area contributed by atoms with E-state index in [0.29, 0.717) is 11.6 Å². The number of hydrogen-bond donors (Lipinski definition) is 0. The molecule has 0 saturated carbocycles. The summed E-state index contributed by atoms with van der Waals surface area (Å²) >= 11 is 0. The molecule has 1 aliphatic carbocycles. The van der Waals surface area contributed by atoms with Gasteiger partial charge in [-0.3, -0.25) is 0 Å². The van der Waals surface area contributed by atoms with Crippen molar-refractivity contribution in [3.63, 3.8) is 0 Å². The van der Waals surface area contributed by atoms with E-state index in [0.717, 1.165) is 66.6 Å². The Morgan fingerprint density at radius 2 is 0.609 bits per heavy atom. The van der Waals surface area contributed by atoms with E-state index in [9.17, 15) is 0 Å². The average molecular weight is 879 g/mol. The maximum atomic E-state index is 5.45. The van der Waals surface area contributed by atoms with Gasteiger partial charge in [-0.25, -0.2) is 19.9 Å². The first-order valence-corrected chi connectivity index (χ1v) is 23.5. The van der Waals surface area contributed by atoms with Crippen LogP contribution in [0.5, 0.6) is 0 Å². The maximum absolute atomic E-state index is 5.45. The topological polar surface area (TPSA) is 51.6 Å². The van der Waals surface area contributed by atoms with Gasteiger partial charge in [-0.15, -0.1) is 0 Å². The first kappa shape index (κ1) is 40.2. The SMILES string of the molecule is c1ccc(-c2cccc(-c3nc(-c4ccc5c(c4)C(c4ccccc4)(c4ccccc4)c4cc(-c6nc(-c7cccc(-c8ccccc8)c7)c7ccccc7n6)ccc4-5)nc4ccccc34)c2)cc1. The highest BCUT2D eigenvalue weighted by atomic mass is 14.9. The fraction of sp³-hybridized carbons (Fsp3) is 0.0154. The normalized spacial score (nSPS) is 12.5. The number of fused-ring (bicyclic) bond motifs is 5. The molecule has 0 atom stereocenters. The van der Waals surface area contributed by atoms with Gasteiger partial charge < -0.3 is 0 Å². The van der Waals surface area contributed by atoms with Crippen LogP contribution in [0, 0.1) is 0 Å². The summed E-state index contributed by atoms with van der Waals surface area (Å²) in [6.45, 7) is 0. The second-order valence-electron chi connectivity index (χ2n) is 17.7. The molecule has 2 aromatic heterocycles. The van der Waals surface area contributed by atoms with Gasteiger partial charge in [0.1, 0.15) is 0 Å². The lowest BCUT2D eigenvalue weighted by atomic mass is 9.67. The lowest BCUT2D eigenvalue weighted by Crippen LogP contribution is -2.28. The quantitative estimate of drug-likeness (QED) is 0.153. The number of para-hydroxylation sites is 2. The lowest BCUT2D eigenvalue weighted by molar-refractivity contribution is 0.768. The molecule has 10 aromatic carbocycles. The molecule has 13 rings (SSSR count). The summed E-state index contributed by atoms with van der Waals surface area (Å²) in [5, 5.41) is 2.02. The van der Waals surface area contributed by atoms with E-state index < -0.39 is 5.41 Å². The zero-order chi connectivity index (χ0) is 45.7. The molecule has 0 fully saturated rings. The molecule has 2 heterocycles. The van der Waals surface area contributed by atoms with Crippen LogP contribution in [-0.2, 0) is 5.41 Å². The van der Waals surface area contributed by atoms with Crippen LogP contribution in [0.25, 0.3) is 100 Å². The summed E-state index contributed by atoms with van der Waals surface area (Å²) in [5.74, 6) is 1.36. The van der Waals surface area contributed by atoms with Gasteiger partial charge >= 0.3 is 0 Å². The Kier molecular flexibility index (Phi) is 9.69. The average Bonchev–Trinajstić information content (AvgIpc) is 3.73. The van der Waals surface area contributed by atoms with Gasteiger partial charge in [-0.2, -0.15) is 0 Å². The van der Waals surface area contributed by atoms with E-state index in [4.69, 9.17) is 19.9 Å². The molecular weight excluding hydrogens is 837 g/mol. The van der Waals surface area contributed by atoms with Crippen LogP contribution in [0.15, 0.2) is 255 Å². The second kappa shape index (κ2) is 16.6. The molecule has 0 bridgehead atoms. The van der Waals surface area contributed by atoms with E-state index in [1.165, 1.54) is 44.5 Å². The van der Waals surface area contributed by atoms with Crippen LogP contribution >= 0.6 is 0 Å². The highest BCUT2D eigenvalue weighted by Gasteiger charge is 2.46. The largest absolute Gasteiger partial charge is 0.228 e. The molecule has 0 amide bonds. The lowest BCUT2D eigenvalue weighted by Gasteiger charge is -2.34. The van der Waals surface area contributed by atoms with Crippen LogP contribution in [0.4, 0.5) is 0 Å². The predicted octanol–water partition coefficient (Wildman–Crippen LogP) is 15.9. The second-order valence-corrected chi connectivity index (χ2v) is 17.7. The third kappa shape index (κ3) is 6.84. The first-order valence-electron chi connectivity index (χ1n) is 23.5. The molecule has 0 spiro atoms. The number of rotatable bonds is 8. The molecule has 322 valence electrons. The monoisotopic (exact) mass is 878 g/mol. The number of aromatic nitrogens is 4. The number of hydrogen-bond acceptors (Lipinski definition) is 4. The minimum absolute atomic E-state index is 0.678. The van der Waals surface area contributed by atoms with E-state index in [1.807, 2.05) is 0 Å². The van der Waals surface area contributed by atoms with Gasteiger partial charge in [-0.1, -0.05) is 218 Å². The van der Waals surface area contributed by atoms with Crippen LogP contribution < -0.4 is 0 Å². The van der Waals surface area contributed by atoms with Crippen molar-refractivity contribution in [3.8, 4) is 78.7 Å². The molecule has 0 unspecified atom stereocenters. The fourth-order valence-corrected chi connectivity index (χ4v) is 10.6. The van der Waals surface area contributed by atoms with E-state index in [2.05, 4.69) is 255 Å². The van der Waals surface area contributed by atoms with Gasteiger partial charge in [-0.05, 0) is 92.0 Å². The van der Waals surface area contributed by atoms with Gasteiger partial charge in [0.25, 0.3) is 0 Å². The molecule has 0 N–H and O–H groups in total. The Labute approximate surface area is 401 Å². The molecule has 69 heavy (non-hydrogen) atoms. The van der Waals surface area contributed by atoms with Crippen molar-refractivity contribution in [2.75, 3.05) is 0 Å². The zero-order valence-corrected chi connectivity index (χ0v) is 37.5.